The van der Waals surface area contributed by atoms with E-state index in [2.05, 4.69) is 20.9 Å². The van der Waals surface area contributed by atoms with E-state index in [-0.39, 0.29) is 11.9 Å². The maximum absolute atomic E-state index is 12.0. The molecule has 5 heteroatoms. The Bertz CT molecular complexity index is 542. The fourth-order valence-electron chi connectivity index (χ4n) is 2.45. The number of hydrogen-bond acceptors (Lipinski definition) is 4. The van der Waals surface area contributed by atoms with Crippen molar-refractivity contribution in [3.8, 4) is 0 Å². The van der Waals surface area contributed by atoms with Gasteiger partial charge in [-0.15, -0.1) is 0 Å². The Labute approximate surface area is 126 Å². The third kappa shape index (κ3) is 3.15. The van der Waals surface area contributed by atoms with Gasteiger partial charge in [0.15, 0.2) is 0 Å². The molecule has 1 aliphatic heterocycles. The maximum Gasteiger partial charge on any atom is 0.315 e. The Kier molecular flexibility index (Phi) is 5.06. The molecular formula is C15H16BrNO3. The van der Waals surface area contributed by atoms with Crippen molar-refractivity contribution >= 4 is 40.1 Å². The molecule has 20 heavy (non-hydrogen) atoms. The van der Waals surface area contributed by atoms with Crippen LogP contribution in [0.25, 0.3) is 0 Å². The number of benzene rings is 1. The molecule has 1 aliphatic rings. The Morgan fingerprint density at radius 3 is 3.00 bits per heavy atom. The lowest BCUT2D eigenvalue weighted by molar-refractivity contribution is -0.146. The molecule has 1 aromatic carbocycles. The molecular weight excluding hydrogens is 322 g/mol. The molecule has 0 bridgehead atoms. The smallest absolute Gasteiger partial charge is 0.315 e. The van der Waals surface area contributed by atoms with Gasteiger partial charge >= 0.3 is 5.97 Å². The number of fused-ring (bicyclic) bond motifs is 1. The van der Waals surface area contributed by atoms with Crippen LogP contribution in [0.3, 0.4) is 0 Å². The number of carbonyl (C=O) groups is 2. The van der Waals surface area contributed by atoms with Gasteiger partial charge in [-0.05, 0) is 31.0 Å². The highest BCUT2D eigenvalue weighted by Crippen LogP contribution is 2.40. The van der Waals surface area contributed by atoms with Crippen molar-refractivity contribution in [1.82, 2.24) is 0 Å². The second-order valence-electron chi connectivity index (χ2n) is 4.61. The lowest BCUT2D eigenvalue weighted by Gasteiger charge is -2.27. The number of esters is 1. The van der Waals surface area contributed by atoms with Crippen molar-refractivity contribution < 1.29 is 14.3 Å². The normalized spacial score (nSPS) is 20.3. The van der Waals surface area contributed by atoms with E-state index in [9.17, 15) is 9.59 Å². The van der Waals surface area contributed by atoms with E-state index in [1.807, 2.05) is 18.2 Å². The third-order valence-corrected chi connectivity index (χ3v) is 3.85. The lowest BCUT2D eigenvalue weighted by Crippen LogP contribution is -2.28. The van der Waals surface area contributed by atoms with Crippen molar-refractivity contribution in [2.45, 2.75) is 25.7 Å². The summed E-state index contributed by atoms with van der Waals surface area (Å²) in [6.45, 7) is 2.13. The summed E-state index contributed by atoms with van der Waals surface area (Å²) in [7, 11) is 0. The molecule has 0 saturated carbocycles. The Morgan fingerprint density at radius 1 is 1.50 bits per heavy atom. The standard InChI is InChI=1S/C15H16BrNO3/c1-2-20-15(19)13-9-17-14-8-10(16)5-6-12(14)11(13)4-3-7-18/h5-9,11,13H,2-4H2,1H3. The SMILES string of the molecule is CCOC(=O)C1C=Nc2cc(Br)ccc2C1CCC=O. The first-order valence-electron chi connectivity index (χ1n) is 6.61. The molecule has 2 unspecified atom stereocenters. The summed E-state index contributed by atoms with van der Waals surface area (Å²) in [5.74, 6) is -0.746. The number of aldehydes is 1. The predicted octanol–water partition coefficient (Wildman–Crippen LogP) is 3.41. The molecule has 1 heterocycles. The molecule has 0 N–H and O–H groups in total. The highest BCUT2D eigenvalue weighted by atomic mass is 79.9. The van der Waals surface area contributed by atoms with Gasteiger partial charge in [-0.2, -0.15) is 0 Å². The topological polar surface area (TPSA) is 55.7 Å². The Balaban J connectivity index is 2.34. The molecule has 1 aromatic rings. The van der Waals surface area contributed by atoms with Crippen molar-refractivity contribution in [2.24, 2.45) is 10.9 Å². The van der Waals surface area contributed by atoms with E-state index < -0.39 is 5.92 Å². The minimum atomic E-state index is -0.413. The van der Waals surface area contributed by atoms with Crippen LogP contribution in [0.15, 0.2) is 27.7 Å². The zero-order chi connectivity index (χ0) is 14.5. The minimum absolute atomic E-state index is 0.0557. The second-order valence-corrected chi connectivity index (χ2v) is 5.53. The third-order valence-electron chi connectivity index (χ3n) is 3.35. The van der Waals surface area contributed by atoms with Gasteiger partial charge in [-0.3, -0.25) is 9.79 Å². The zero-order valence-corrected chi connectivity index (χ0v) is 12.8. The quantitative estimate of drug-likeness (QED) is 0.611. The molecule has 0 aliphatic carbocycles. The van der Waals surface area contributed by atoms with Gasteiger partial charge in [0.2, 0.25) is 0 Å². The summed E-state index contributed by atoms with van der Waals surface area (Å²) in [6, 6.07) is 5.80. The first kappa shape index (κ1) is 14.9. The summed E-state index contributed by atoms with van der Waals surface area (Å²) in [5.41, 5.74) is 1.84. The molecule has 0 saturated heterocycles. The summed E-state index contributed by atoms with van der Waals surface area (Å²) in [4.78, 5) is 27.0. The molecule has 4 nitrogen and oxygen atoms in total. The summed E-state index contributed by atoms with van der Waals surface area (Å²) >= 11 is 3.41. The number of aliphatic imine (C=N–C) groups is 1. The molecule has 0 radical (unpaired) electrons. The Hall–Kier alpha value is -1.49. The molecule has 0 spiro atoms. The van der Waals surface area contributed by atoms with Gasteiger partial charge in [0.1, 0.15) is 6.29 Å². The van der Waals surface area contributed by atoms with Gasteiger partial charge in [-0.1, -0.05) is 22.0 Å². The van der Waals surface area contributed by atoms with Gasteiger partial charge < -0.3 is 9.53 Å². The van der Waals surface area contributed by atoms with Crippen LogP contribution in [0.1, 0.15) is 31.2 Å². The van der Waals surface area contributed by atoms with E-state index in [0.29, 0.717) is 19.4 Å². The number of nitrogens with zero attached hydrogens (tertiary/aromatic N) is 1. The number of halogens is 1. The second kappa shape index (κ2) is 6.79. The zero-order valence-electron chi connectivity index (χ0n) is 11.2. The van der Waals surface area contributed by atoms with Crippen LogP contribution in [0.2, 0.25) is 0 Å². The molecule has 2 atom stereocenters. The van der Waals surface area contributed by atoms with Crippen LogP contribution in [0.4, 0.5) is 5.69 Å². The average Bonchev–Trinajstić information content (AvgIpc) is 2.44. The van der Waals surface area contributed by atoms with Gasteiger partial charge in [0.05, 0.1) is 18.2 Å². The van der Waals surface area contributed by atoms with E-state index in [4.69, 9.17) is 4.74 Å². The van der Waals surface area contributed by atoms with E-state index in [1.54, 1.807) is 13.1 Å². The number of ether oxygens (including phenoxy) is 1. The summed E-state index contributed by atoms with van der Waals surface area (Å²) in [5, 5.41) is 0. The van der Waals surface area contributed by atoms with Crippen LogP contribution >= 0.6 is 15.9 Å². The highest BCUT2D eigenvalue weighted by molar-refractivity contribution is 9.10. The van der Waals surface area contributed by atoms with Crippen molar-refractivity contribution in [1.29, 1.82) is 0 Å². The van der Waals surface area contributed by atoms with Crippen molar-refractivity contribution in [3.63, 3.8) is 0 Å². The predicted molar refractivity (Wildman–Crippen MR) is 80.5 cm³/mol. The molecule has 2 rings (SSSR count). The van der Waals surface area contributed by atoms with Gasteiger partial charge in [-0.25, -0.2) is 0 Å². The van der Waals surface area contributed by atoms with Crippen LogP contribution < -0.4 is 0 Å². The van der Waals surface area contributed by atoms with Crippen LogP contribution in [-0.2, 0) is 14.3 Å². The van der Waals surface area contributed by atoms with Crippen LogP contribution in [0, 0.1) is 5.92 Å². The van der Waals surface area contributed by atoms with Crippen molar-refractivity contribution in [2.75, 3.05) is 6.61 Å². The fourth-order valence-corrected chi connectivity index (χ4v) is 2.80. The van der Waals surface area contributed by atoms with Crippen LogP contribution in [0.5, 0.6) is 0 Å². The molecule has 0 amide bonds. The minimum Gasteiger partial charge on any atom is -0.465 e. The molecule has 106 valence electrons. The number of rotatable bonds is 5. The highest BCUT2D eigenvalue weighted by Gasteiger charge is 2.33. The Morgan fingerprint density at radius 2 is 2.30 bits per heavy atom. The van der Waals surface area contributed by atoms with Crippen molar-refractivity contribution in [3.05, 3.63) is 28.2 Å². The van der Waals surface area contributed by atoms with E-state index in [1.165, 1.54) is 0 Å². The largest absolute Gasteiger partial charge is 0.465 e. The van der Waals surface area contributed by atoms with Gasteiger partial charge in [0.25, 0.3) is 0 Å². The number of carbonyl (C=O) groups excluding carboxylic acids is 2. The maximum atomic E-state index is 12.0. The first-order valence-corrected chi connectivity index (χ1v) is 7.40. The van der Waals surface area contributed by atoms with Gasteiger partial charge in [0, 0.05) is 23.0 Å². The summed E-state index contributed by atoms with van der Waals surface area (Å²) < 4.78 is 6.04. The lowest BCUT2D eigenvalue weighted by atomic mass is 9.81. The van der Waals surface area contributed by atoms with Crippen LogP contribution in [-0.4, -0.2) is 25.1 Å². The fraction of sp³-hybridized carbons (Fsp3) is 0.400. The number of hydrogen-bond donors (Lipinski definition) is 0. The molecule has 0 aromatic heterocycles. The average molecular weight is 338 g/mol. The monoisotopic (exact) mass is 337 g/mol. The summed E-state index contributed by atoms with van der Waals surface area (Å²) in [6.07, 6.45) is 3.56. The first-order chi connectivity index (χ1) is 9.67. The molecule has 0 fully saturated rings. The van der Waals surface area contributed by atoms with E-state index >= 15 is 0 Å². The van der Waals surface area contributed by atoms with E-state index in [0.717, 1.165) is 22.0 Å².